The standard InChI is InChI=1S/C40H37F3O8/c1-27-37-23-32(49-39(44)19-10-29-8-13-31(14-9-29)50-40(41,42)43)15-17-35(37)36-18-16-33(24-38(27)36)51-48-22-4-5-28-6-11-30(12-7-28)46-21-3-2-20-45-25-34-26-47-34/h4-19,23-24,27,34H,2-3,20-22,25-26H2,1H3/b5-4-,19-10+. The number of epoxide rings is 1. The Bertz CT molecular complexity index is 1830. The van der Waals surface area contributed by atoms with Gasteiger partial charge < -0.3 is 28.6 Å². The van der Waals surface area contributed by atoms with E-state index in [1.807, 2.05) is 66.7 Å². The molecule has 2 atom stereocenters. The number of hydrogen-bond acceptors (Lipinski definition) is 8. The third kappa shape index (κ3) is 10.7. The Balaban J connectivity index is 0.927. The maximum absolute atomic E-state index is 12.5. The molecule has 2 aliphatic rings. The number of alkyl halides is 3. The summed E-state index contributed by atoms with van der Waals surface area (Å²) < 4.78 is 62.9. The fourth-order valence-electron chi connectivity index (χ4n) is 5.54. The van der Waals surface area contributed by atoms with Gasteiger partial charge in [0.2, 0.25) is 0 Å². The first-order chi connectivity index (χ1) is 24.7. The smallest absolute Gasteiger partial charge is 0.494 e. The highest BCUT2D eigenvalue weighted by molar-refractivity contribution is 5.89. The van der Waals surface area contributed by atoms with Crippen molar-refractivity contribution < 1.29 is 51.4 Å². The Labute approximate surface area is 293 Å². The maximum atomic E-state index is 12.5. The number of fused-ring (bicyclic) bond motifs is 3. The average molecular weight is 703 g/mol. The second-order valence-corrected chi connectivity index (χ2v) is 12.0. The molecule has 2 unspecified atom stereocenters. The monoisotopic (exact) mass is 702 g/mol. The fraction of sp³-hybridized carbons (Fsp3) is 0.275. The molecule has 4 aromatic rings. The number of esters is 1. The van der Waals surface area contributed by atoms with Gasteiger partial charge in [0, 0.05) is 18.6 Å². The van der Waals surface area contributed by atoms with E-state index in [2.05, 4.69) is 11.7 Å². The molecule has 0 spiro atoms. The second kappa shape index (κ2) is 16.7. The number of carbonyl (C=O) groups excluding carboxylic acids is 1. The van der Waals surface area contributed by atoms with Crippen LogP contribution < -0.4 is 19.1 Å². The van der Waals surface area contributed by atoms with Gasteiger partial charge in [0.1, 0.15) is 30.0 Å². The van der Waals surface area contributed by atoms with Crippen molar-refractivity contribution in [3.05, 3.63) is 119 Å². The molecule has 8 nitrogen and oxygen atoms in total. The number of carbonyl (C=O) groups is 1. The first-order valence-electron chi connectivity index (χ1n) is 16.6. The molecule has 51 heavy (non-hydrogen) atoms. The van der Waals surface area contributed by atoms with Crippen molar-refractivity contribution in [3.63, 3.8) is 0 Å². The lowest BCUT2D eigenvalue weighted by Crippen LogP contribution is -2.16. The Morgan fingerprint density at radius 1 is 0.804 bits per heavy atom. The molecule has 6 rings (SSSR count). The summed E-state index contributed by atoms with van der Waals surface area (Å²) in [5.74, 6) is 0.820. The molecule has 1 saturated heterocycles. The van der Waals surface area contributed by atoms with Crippen LogP contribution in [0.3, 0.4) is 0 Å². The Kier molecular flexibility index (Phi) is 11.7. The quantitative estimate of drug-likeness (QED) is 0.0205. The molecule has 0 saturated carbocycles. The predicted molar refractivity (Wildman–Crippen MR) is 185 cm³/mol. The van der Waals surface area contributed by atoms with Crippen LogP contribution in [0, 0.1) is 0 Å². The van der Waals surface area contributed by atoms with E-state index in [9.17, 15) is 18.0 Å². The zero-order chi connectivity index (χ0) is 35.6. The fourth-order valence-corrected chi connectivity index (χ4v) is 5.54. The molecule has 0 bridgehead atoms. The number of ether oxygens (including phenoxy) is 5. The molecule has 266 valence electrons. The zero-order valence-electron chi connectivity index (χ0n) is 27.9. The van der Waals surface area contributed by atoms with Crippen molar-refractivity contribution in [3.8, 4) is 34.1 Å². The van der Waals surface area contributed by atoms with Gasteiger partial charge in [-0.3, -0.25) is 0 Å². The van der Waals surface area contributed by atoms with Crippen LogP contribution in [-0.2, 0) is 19.2 Å². The topological polar surface area (TPSA) is 85.0 Å². The minimum Gasteiger partial charge on any atom is -0.494 e. The molecule has 11 heteroatoms. The lowest BCUT2D eigenvalue weighted by Gasteiger charge is -2.09. The van der Waals surface area contributed by atoms with Gasteiger partial charge in [-0.05, 0) is 101 Å². The van der Waals surface area contributed by atoms with E-state index >= 15 is 0 Å². The van der Waals surface area contributed by atoms with Gasteiger partial charge in [-0.15, -0.1) is 13.2 Å². The third-order valence-electron chi connectivity index (χ3n) is 8.18. The third-order valence-corrected chi connectivity index (χ3v) is 8.18. The zero-order valence-corrected chi connectivity index (χ0v) is 27.9. The summed E-state index contributed by atoms with van der Waals surface area (Å²) in [6.45, 7) is 5.18. The largest absolute Gasteiger partial charge is 0.573 e. The van der Waals surface area contributed by atoms with E-state index in [0.29, 0.717) is 36.4 Å². The second-order valence-electron chi connectivity index (χ2n) is 12.0. The summed E-state index contributed by atoms with van der Waals surface area (Å²) in [6.07, 6.45) is 3.89. The van der Waals surface area contributed by atoms with Crippen LogP contribution >= 0.6 is 0 Å². The van der Waals surface area contributed by atoms with Crippen LogP contribution in [0.2, 0.25) is 0 Å². The number of hydrogen-bond donors (Lipinski definition) is 0. The average Bonchev–Trinajstić information content (AvgIpc) is 3.91. The molecule has 1 aliphatic heterocycles. The highest BCUT2D eigenvalue weighted by atomic mass is 19.4. The number of benzene rings is 4. The molecule has 4 aromatic carbocycles. The highest BCUT2D eigenvalue weighted by Crippen LogP contribution is 2.47. The molecule has 1 fully saturated rings. The van der Waals surface area contributed by atoms with Gasteiger partial charge in [0.15, 0.2) is 5.75 Å². The van der Waals surface area contributed by atoms with Crippen molar-refractivity contribution in [1.29, 1.82) is 0 Å². The van der Waals surface area contributed by atoms with E-state index in [1.165, 1.54) is 36.4 Å². The summed E-state index contributed by atoms with van der Waals surface area (Å²) in [4.78, 5) is 23.5. The lowest BCUT2D eigenvalue weighted by atomic mass is 9.99. The normalized spacial score (nSPS) is 16.2. The Hall–Kier alpha value is -5.10. The molecular formula is C40H37F3O8. The van der Waals surface area contributed by atoms with Gasteiger partial charge >= 0.3 is 12.3 Å². The minimum absolute atomic E-state index is 0.0125. The molecule has 1 aliphatic carbocycles. The summed E-state index contributed by atoms with van der Waals surface area (Å²) in [7, 11) is 0. The summed E-state index contributed by atoms with van der Waals surface area (Å²) in [5.41, 5.74) is 5.67. The van der Waals surface area contributed by atoms with Crippen LogP contribution in [0.5, 0.6) is 23.0 Å². The van der Waals surface area contributed by atoms with Crippen LogP contribution in [0.15, 0.2) is 97.1 Å². The SMILES string of the molecule is CC1c2cc(OOC/C=C\c3ccc(OCCCCOCC4CO4)cc3)ccc2-c2ccc(OC(=O)/C=C/c3ccc(OC(F)(F)F)cc3)cc21. The van der Waals surface area contributed by atoms with Crippen LogP contribution in [0.25, 0.3) is 23.3 Å². The molecular weight excluding hydrogens is 665 g/mol. The summed E-state index contributed by atoms with van der Waals surface area (Å²) in [5, 5.41) is 0. The highest BCUT2D eigenvalue weighted by Gasteiger charge is 2.31. The molecule has 0 radical (unpaired) electrons. The first-order valence-corrected chi connectivity index (χ1v) is 16.6. The van der Waals surface area contributed by atoms with E-state index in [0.717, 1.165) is 59.6 Å². The Morgan fingerprint density at radius 2 is 1.41 bits per heavy atom. The molecule has 0 amide bonds. The summed E-state index contributed by atoms with van der Waals surface area (Å²) >= 11 is 0. The number of unbranched alkanes of at least 4 members (excludes halogenated alkanes) is 1. The van der Waals surface area contributed by atoms with Crippen LogP contribution in [0.1, 0.15) is 47.9 Å². The van der Waals surface area contributed by atoms with Crippen LogP contribution in [-0.4, -0.2) is 51.5 Å². The van der Waals surface area contributed by atoms with E-state index in [4.69, 9.17) is 28.7 Å². The van der Waals surface area contributed by atoms with Crippen LogP contribution in [0.4, 0.5) is 13.2 Å². The van der Waals surface area contributed by atoms with E-state index in [-0.39, 0.29) is 18.3 Å². The van der Waals surface area contributed by atoms with Crippen molar-refractivity contribution in [1.82, 2.24) is 0 Å². The number of halogens is 3. The van der Waals surface area contributed by atoms with Gasteiger partial charge in [0.05, 0.1) is 19.8 Å². The van der Waals surface area contributed by atoms with Crippen molar-refractivity contribution in [2.75, 3.05) is 33.0 Å². The van der Waals surface area contributed by atoms with Gasteiger partial charge in [-0.25, -0.2) is 4.79 Å². The minimum atomic E-state index is -4.77. The molecule has 1 heterocycles. The summed E-state index contributed by atoms with van der Waals surface area (Å²) in [6, 6.07) is 24.2. The van der Waals surface area contributed by atoms with Crippen molar-refractivity contribution in [2.24, 2.45) is 0 Å². The van der Waals surface area contributed by atoms with Gasteiger partial charge in [-0.1, -0.05) is 55.5 Å². The van der Waals surface area contributed by atoms with Crippen molar-refractivity contribution in [2.45, 2.75) is 38.1 Å². The maximum Gasteiger partial charge on any atom is 0.573 e. The van der Waals surface area contributed by atoms with Gasteiger partial charge in [0.25, 0.3) is 0 Å². The first kappa shape index (κ1) is 35.7. The molecule has 0 aromatic heterocycles. The van der Waals surface area contributed by atoms with Gasteiger partial charge in [-0.2, -0.15) is 4.89 Å². The van der Waals surface area contributed by atoms with Crippen molar-refractivity contribution >= 4 is 18.1 Å². The molecule has 0 N–H and O–H groups in total. The number of rotatable bonds is 17. The predicted octanol–water partition coefficient (Wildman–Crippen LogP) is 8.93. The lowest BCUT2D eigenvalue weighted by molar-refractivity contribution is -0.274. The van der Waals surface area contributed by atoms with E-state index in [1.54, 1.807) is 6.07 Å². The Morgan fingerprint density at radius 3 is 2.10 bits per heavy atom. The van der Waals surface area contributed by atoms with E-state index < -0.39 is 12.3 Å².